The van der Waals surface area contributed by atoms with E-state index in [1.165, 1.54) is 12.1 Å². The van der Waals surface area contributed by atoms with E-state index in [0.717, 1.165) is 34.0 Å². The van der Waals surface area contributed by atoms with Gasteiger partial charge in [-0.15, -0.1) is 0 Å². The number of halogens is 1. The Hall–Kier alpha value is -3.42. The van der Waals surface area contributed by atoms with Crippen molar-refractivity contribution in [2.45, 2.75) is 33.0 Å². The van der Waals surface area contributed by atoms with Gasteiger partial charge >= 0.3 is 0 Å². The molecule has 1 aliphatic rings. The van der Waals surface area contributed by atoms with Crippen molar-refractivity contribution in [3.05, 3.63) is 65.4 Å². The molecule has 0 spiro atoms. The Labute approximate surface area is 168 Å². The van der Waals surface area contributed by atoms with Crippen molar-refractivity contribution >= 4 is 23.1 Å². The van der Waals surface area contributed by atoms with Crippen LogP contribution < -0.4 is 15.5 Å². The summed E-state index contributed by atoms with van der Waals surface area (Å²) in [7, 11) is 1.91. The lowest BCUT2D eigenvalue weighted by molar-refractivity contribution is -0.117. The van der Waals surface area contributed by atoms with Crippen LogP contribution in [0.1, 0.15) is 23.7 Å². The predicted molar refractivity (Wildman–Crippen MR) is 111 cm³/mol. The van der Waals surface area contributed by atoms with Gasteiger partial charge in [-0.2, -0.15) is 5.10 Å². The first-order chi connectivity index (χ1) is 13.9. The Morgan fingerprint density at radius 2 is 2.00 bits per heavy atom. The topological polar surface area (TPSA) is 75.1 Å². The number of benzene rings is 1. The minimum Gasteiger partial charge on any atom is -0.366 e. The van der Waals surface area contributed by atoms with Crippen molar-refractivity contribution in [2.75, 3.05) is 22.6 Å². The van der Waals surface area contributed by atoms with E-state index in [0.29, 0.717) is 13.1 Å². The Morgan fingerprint density at radius 3 is 2.76 bits per heavy atom. The zero-order valence-electron chi connectivity index (χ0n) is 16.6. The van der Waals surface area contributed by atoms with Crippen LogP contribution in [0.15, 0.2) is 42.7 Å². The van der Waals surface area contributed by atoms with Crippen molar-refractivity contribution in [1.82, 2.24) is 14.8 Å². The first-order valence-electron chi connectivity index (χ1n) is 9.45. The van der Waals surface area contributed by atoms with Crippen LogP contribution in [0.25, 0.3) is 0 Å². The Balaban J connectivity index is 1.45. The van der Waals surface area contributed by atoms with Gasteiger partial charge in [0.05, 0.1) is 29.8 Å². The second-order valence-electron chi connectivity index (χ2n) is 7.29. The Bertz CT molecular complexity index is 1050. The van der Waals surface area contributed by atoms with Gasteiger partial charge in [-0.25, -0.2) is 9.37 Å². The molecule has 0 bridgehead atoms. The van der Waals surface area contributed by atoms with Crippen LogP contribution >= 0.6 is 0 Å². The van der Waals surface area contributed by atoms with Crippen LogP contribution in [-0.2, 0) is 17.9 Å². The van der Waals surface area contributed by atoms with Gasteiger partial charge in [0, 0.05) is 31.4 Å². The van der Waals surface area contributed by atoms with Crippen LogP contribution in [0, 0.1) is 12.7 Å². The average molecular weight is 394 g/mol. The zero-order chi connectivity index (χ0) is 20.5. The largest absolute Gasteiger partial charge is 0.366 e. The first-order valence-corrected chi connectivity index (χ1v) is 9.45. The number of carbonyl (C=O) groups is 1. The number of likely N-dealkylation sites (N-methyl/N-ethyl adjacent to an activating group) is 1. The van der Waals surface area contributed by atoms with Crippen molar-refractivity contribution in [1.29, 1.82) is 0 Å². The number of fused-ring (bicyclic) bond motifs is 1. The maximum absolute atomic E-state index is 13.0. The normalized spacial score (nSPS) is 15.8. The third-order valence-corrected chi connectivity index (χ3v) is 5.19. The van der Waals surface area contributed by atoms with Crippen LogP contribution in [0.2, 0.25) is 0 Å². The molecule has 2 N–H and O–H groups in total. The third-order valence-electron chi connectivity index (χ3n) is 5.19. The lowest BCUT2D eigenvalue weighted by Gasteiger charge is -2.34. The number of hydrogen-bond acceptors (Lipinski definition) is 5. The van der Waals surface area contributed by atoms with E-state index < -0.39 is 0 Å². The van der Waals surface area contributed by atoms with Crippen LogP contribution in [-0.4, -0.2) is 33.8 Å². The lowest BCUT2D eigenvalue weighted by atomic mass is 10.1. The second-order valence-corrected chi connectivity index (χ2v) is 7.29. The highest BCUT2D eigenvalue weighted by Crippen LogP contribution is 2.34. The summed E-state index contributed by atoms with van der Waals surface area (Å²) in [6, 6.07) is 8.12. The molecule has 1 amide bonds. The van der Waals surface area contributed by atoms with Gasteiger partial charge in [0.15, 0.2) is 0 Å². The molecule has 3 aromatic rings. The van der Waals surface area contributed by atoms with E-state index >= 15 is 0 Å². The average Bonchev–Trinajstić information content (AvgIpc) is 3.15. The fourth-order valence-corrected chi connectivity index (χ4v) is 3.34. The highest BCUT2D eigenvalue weighted by Gasteiger charge is 2.28. The minimum absolute atomic E-state index is 0.0285. The molecular formula is C21H23FN6O. The molecule has 8 heteroatoms. The highest BCUT2D eigenvalue weighted by molar-refractivity contribution is 6.04. The quantitative estimate of drug-likeness (QED) is 0.695. The van der Waals surface area contributed by atoms with E-state index in [9.17, 15) is 9.18 Å². The highest BCUT2D eigenvalue weighted by atomic mass is 19.1. The van der Waals surface area contributed by atoms with Crippen LogP contribution in [0.5, 0.6) is 0 Å². The number of carbonyl (C=O) groups excluding carboxylic acids is 1. The fourth-order valence-electron chi connectivity index (χ4n) is 3.34. The molecule has 0 saturated heterocycles. The number of nitrogens with zero attached hydrogens (tertiary/aromatic N) is 4. The summed E-state index contributed by atoms with van der Waals surface area (Å²) in [5.74, 6) is 0.466. The molecular weight excluding hydrogens is 371 g/mol. The molecule has 3 heterocycles. The SMILES string of the molecule is Cc1nc(NCc2cnn(Cc3ccc(F)cc3)c2)cc2c1NC(=O)C(C)N2C. The van der Waals surface area contributed by atoms with Crippen molar-refractivity contribution in [3.8, 4) is 0 Å². The molecule has 0 saturated carbocycles. The summed E-state index contributed by atoms with van der Waals surface area (Å²) >= 11 is 0. The molecule has 1 aliphatic heterocycles. The number of aromatic nitrogens is 3. The maximum Gasteiger partial charge on any atom is 0.246 e. The Kier molecular flexibility index (Phi) is 4.92. The van der Waals surface area contributed by atoms with Gasteiger partial charge in [-0.05, 0) is 31.5 Å². The summed E-state index contributed by atoms with van der Waals surface area (Å²) < 4.78 is 14.8. The van der Waals surface area contributed by atoms with Crippen molar-refractivity contribution in [2.24, 2.45) is 0 Å². The second kappa shape index (κ2) is 7.54. The fraction of sp³-hybridized carbons (Fsp3) is 0.286. The van der Waals surface area contributed by atoms with Crippen molar-refractivity contribution in [3.63, 3.8) is 0 Å². The predicted octanol–water partition coefficient (Wildman–Crippen LogP) is 3.16. The molecule has 150 valence electrons. The molecule has 1 unspecified atom stereocenters. The van der Waals surface area contributed by atoms with E-state index in [1.54, 1.807) is 18.3 Å². The van der Waals surface area contributed by atoms with Gasteiger partial charge in [0.2, 0.25) is 5.91 Å². The zero-order valence-corrected chi connectivity index (χ0v) is 16.6. The van der Waals surface area contributed by atoms with Gasteiger partial charge in [-0.1, -0.05) is 12.1 Å². The molecule has 2 aromatic heterocycles. The number of hydrogen-bond donors (Lipinski definition) is 2. The summed E-state index contributed by atoms with van der Waals surface area (Å²) in [4.78, 5) is 18.6. The van der Waals surface area contributed by atoms with E-state index in [1.807, 2.05) is 42.7 Å². The summed E-state index contributed by atoms with van der Waals surface area (Å²) in [6.45, 7) is 4.91. The van der Waals surface area contributed by atoms with E-state index in [2.05, 4.69) is 20.7 Å². The van der Waals surface area contributed by atoms with E-state index in [4.69, 9.17) is 0 Å². The first kappa shape index (κ1) is 18.9. The number of pyridine rings is 1. The molecule has 29 heavy (non-hydrogen) atoms. The summed E-state index contributed by atoms with van der Waals surface area (Å²) in [6.07, 6.45) is 3.76. The monoisotopic (exact) mass is 394 g/mol. The number of rotatable bonds is 5. The van der Waals surface area contributed by atoms with Gasteiger partial charge in [0.1, 0.15) is 17.7 Å². The summed E-state index contributed by atoms with van der Waals surface area (Å²) in [5.41, 5.74) is 4.47. The van der Waals surface area contributed by atoms with Crippen molar-refractivity contribution < 1.29 is 9.18 Å². The molecule has 0 aliphatic carbocycles. The van der Waals surface area contributed by atoms with Gasteiger partial charge in [-0.3, -0.25) is 9.48 Å². The van der Waals surface area contributed by atoms with Gasteiger partial charge < -0.3 is 15.5 Å². The number of anilines is 3. The third kappa shape index (κ3) is 3.91. The number of nitrogens with one attached hydrogen (secondary N) is 2. The van der Waals surface area contributed by atoms with E-state index in [-0.39, 0.29) is 17.8 Å². The van der Waals surface area contributed by atoms with Gasteiger partial charge in [0.25, 0.3) is 0 Å². The molecule has 0 fully saturated rings. The lowest BCUT2D eigenvalue weighted by Crippen LogP contribution is -2.44. The molecule has 7 nitrogen and oxygen atoms in total. The standard InChI is InChI=1S/C21H23FN6O/c1-13-20-18(27(3)14(2)21(29)26-20)8-19(25-13)23-9-16-10-24-28(12-16)11-15-4-6-17(22)7-5-15/h4-8,10,12,14H,9,11H2,1-3H3,(H,23,25)(H,26,29). The smallest absolute Gasteiger partial charge is 0.246 e. The summed E-state index contributed by atoms with van der Waals surface area (Å²) in [5, 5.41) is 10.6. The molecule has 0 radical (unpaired) electrons. The van der Waals surface area contributed by atoms with Crippen LogP contribution in [0.4, 0.5) is 21.6 Å². The molecule has 1 aromatic carbocycles. The number of amides is 1. The molecule has 4 rings (SSSR count). The molecule has 1 atom stereocenters. The maximum atomic E-state index is 13.0. The number of aryl methyl sites for hydroxylation is 1. The van der Waals surface area contributed by atoms with Crippen LogP contribution in [0.3, 0.4) is 0 Å². The minimum atomic E-state index is -0.244. The Morgan fingerprint density at radius 1 is 1.24 bits per heavy atom.